The standard InChI is InChI=1S/C21H24F2N4O/c1-2-24-21(27-13-20(28)14-3-5-16(22)6-4-14)25-10-9-15-12-26-19-8-7-17(23)11-18(15)19/h3-8,11-12,20,26,28H,2,9-10,13H2,1H3,(H2,24,25,27). The van der Waals surface area contributed by atoms with Crippen molar-refractivity contribution in [3.63, 3.8) is 0 Å². The van der Waals surface area contributed by atoms with Crippen molar-refractivity contribution in [3.05, 3.63) is 71.4 Å². The predicted octanol–water partition coefficient (Wildman–Crippen LogP) is 3.28. The average molecular weight is 386 g/mol. The van der Waals surface area contributed by atoms with Gasteiger partial charge in [-0.3, -0.25) is 4.99 Å². The Hall–Kier alpha value is -2.93. The van der Waals surface area contributed by atoms with Gasteiger partial charge < -0.3 is 20.7 Å². The van der Waals surface area contributed by atoms with Crippen molar-refractivity contribution < 1.29 is 13.9 Å². The molecule has 2 aromatic carbocycles. The molecule has 1 atom stereocenters. The molecule has 3 rings (SSSR count). The number of hydrogen-bond donors (Lipinski definition) is 4. The number of fused-ring (bicyclic) bond motifs is 1. The maximum Gasteiger partial charge on any atom is 0.191 e. The van der Waals surface area contributed by atoms with E-state index in [0.717, 1.165) is 16.5 Å². The summed E-state index contributed by atoms with van der Waals surface area (Å²) in [6.07, 6.45) is 1.76. The highest BCUT2D eigenvalue weighted by atomic mass is 19.1. The van der Waals surface area contributed by atoms with Gasteiger partial charge in [0.05, 0.1) is 12.6 Å². The monoisotopic (exact) mass is 386 g/mol. The van der Waals surface area contributed by atoms with Crippen LogP contribution in [0.15, 0.2) is 53.7 Å². The van der Waals surface area contributed by atoms with Crippen molar-refractivity contribution in [1.29, 1.82) is 0 Å². The zero-order chi connectivity index (χ0) is 19.9. The largest absolute Gasteiger partial charge is 0.386 e. The molecule has 0 spiro atoms. The maximum absolute atomic E-state index is 13.5. The number of benzene rings is 2. The third kappa shape index (κ3) is 5.07. The van der Waals surface area contributed by atoms with E-state index in [1.54, 1.807) is 18.2 Å². The Morgan fingerprint density at radius 1 is 1.11 bits per heavy atom. The number of guanidine groups is 1. The van der Waals surface area contributed by atoms with Crippen LogP contribution in [-0.2, 0) is 6.42 Å². The van der Waals surface area contributed by atoms with E-state index >= 15 is 0 Å². The number of halogens is 2. The number of nitrogens with zero attached hydrogens (tertiary/aromatic N) is 1. The lowest BCUT2D eigenvalue weighted by atomic mass is 10.1. The molecular formula is C21H24F2N4O. The van der Waals surface area contributed by atoms with Crippen LogP contribution >= 0.6 is 0 Å². The molecule has 1 heterocycles. The molecule has 0 amide bonds. The van der Waals surface area contributed by atoms with Gasteiger partial charge in [0.25, 0.3) is 0 Å². The highest BCUT2D eigenvalue weighted by Gasteiger charge is 2.08. The number of hydrogen-bond acceptors (Lipinski definition) is 2. The Morgan fingerprint density at radius 3 is 2.61 bits per heavy atom. The molecule has 0 fully saturated rings. The molecule has 148 valence electrons. The first-order valence-electron chi connectivity index (χ1n) is 9.28. The van der Waals surface area contributed by atoms with Gasteiger partial charge in [0, 0.05) is 30.2 Å². The van der Waals surface area contributed by atoms with E-state index in [0.29, 0.717) is 31.0 Å². The maximum atomic E-state index is 13.5. The molecule has 7 heteroatoms. The molecule has 0 saturated carbocycles. The van der Waals surface area contributed by atoms with Gasteiger partial charge in [-0.05, 0) is 54.8 Å². The van der Waals surface area contributed by atoms with Gasteiger partial charge in [0.2, 0.25) is 0 Å². The minimum Gasteiger partial charge on any atom is -0.386 e. The summed E-state index contributed by atoms with van der Waals surface area (Å²) in [6.45, 7) is 3.38. The van der Waals surface area contributed by atoms with Crippen molar-refractivity contribution in [2.45, 2.75) is 19.4 Å². The SMILES string of the molecule is CCNC(=NCC(O)c1ccc(F)cc1)NCCc1c[nH]c2ccc(F)cc12. The van der Waals surface area contributed by atoms with Crippen molar-refractivity contribution in [1.82, 2.24) is 15.6 Å². The minimum absolute atomic E-state index is 0.152. The number of aromatic amines is 1. The van der Waals surface area contributed by atoms with Crippen molar-refractivity contribution in [2.24, 2.45) is 4.99 Å². The fourth-order valence-electron chi connectivity index (χ4n) is 2.98. The van der Waals surface area contributed by atoms with E-state index in [9.17, 15) is 13.9 Å². The molecule has 4 N–H and O–H groups in total. The van der Waals surface area contributed by atoms with Crippen molar-refractivity contribution >= 4 is 16.9 Å². The van der Waals surface area contributed by atoms with E-state index in [1.807, 2.05) is 13.1 Å². The van der Waals surface area contributed by atoms with E-state index < -0.39 is 6.10 Å². The number of H-pyrrole nitrogens is 1. The number of nitrogens with one attached hydrogen (secondary N) is 3. The van der Waals surface area contributed by atoms with E-state index in [-0.39, 0.29) is 18.2 Å². The predicted molar refractivity (Wildman–Crippen MR) is 107 cm³/mol. The highest BCUT2D eigenvalue weighted by Crippen LogP contribution is 2.19. The number of aromatic nitrogens is 1. The molecule has 0 aliphatic carbocycles. The summed E-state index contributed by atoms with van der Waals surface area (Å²) in [5, 5.41) is 17.4. The van der Waals surface area contributed by atoms with Crippen LogP contribution in [0, 0.1) is 11.6 Å². The van der Waals surface area contributed by atoms with Crippen LogP contribution in [0.25, 0.3) is 10.9 Å². The molecule has 28 heavy (non-hydrogen) atoms. The fraction of sp³-hybridized carbons (Fsp3) is 0.286. The summed E-state index contributed by atoms with van der Waals surface area (Å²) in [4.78, 5) is 7.53. The first-order valence-corrected chi connectivity index (χ1v) is 9.28. The molecule has 0 radical (unpaired) electrons. The third-order valence-corrected chi connectivity index (χ3v) is 4.44. The second-order valence-corrected chi connectivity index (χ2v) is 6.47. The van der Waals surface area contributed by atoms with Gasteiger partial charge in [-0.1, -0.05) is 12.1 Å². The number of aliphatic imine (C=N–C) groups is 1. The number of aliphatic hydroxyl groups is 1. The number of rotatable bonds is 7. The molecule has 3 aromatic rings. The Labute approximate surface area is 162 Å². The summed E-state index contributed by atoms with van der Waals surface area (Å²) >= 11 is 0. The molecule has 1 unspecified atom stereocenters. The van der Waals surface area contributed by atoms with Crippen molar-refractivity contribution in [2.75, 3.05) is 19.6 Å². The zero-order valence-corrected chi connectivity index (χ0v) is 15.7. The first-order chi connectivity index (χ1) is 13.6. The summed E-state index contributed by atoms with van der Waals surface area (Å²) < 4.78 is 26.5. The second-order valence-electron chi connectivity index (χ2n) is 6.47. The van der Waals surface area contributed by atoms with E-state index in [2.05, 4.69) is 20.6 Å². The Balaban J connectivity index is 1.58. The summed E-state index contributed by atoms with van der Waals surface area (Å²) in [6, 6.07) is 10.4. The lowest BCUT2D eigenvalue weighted by Gasteiger charge is -2.13. The average Bonchev–Trinajstić information content (AvgIpc) is 3.08. The Bertz CT molecular complexity index is 937. The van der Waals surface area contributed by atoms with Gasteiger partial charge >= 0.3 is 0 Å². The van der Waals surface area contributed by atoms with Crippen LogP contribution < -0.4 is 10.6 Å². The van der Waals surface area contributed by atoms with Crippen molar-refractivity contribution in [3.8, 4) is 0 Å². The molecule has 5 nitrogen and oxygen atoms in total. The van der Waals surface area contributed by atoms with E-state index in [1.165, 1.54) is 24.3 Å². The molecule has 0 aliphatic heterocycles. The lowest BCUT2D eigenvalue weighted by Crippen LogP contribution is -2.38. The topological polar surface area (TPSA) is 72.4 Å². The van der Waals surface area contributed by atoms with Crippen LogP contribution in [0.5, 0.6) is 0 Å². The fourth-order valence-corrected chi connectivity index (χ4v) is 2.98. The Kier molecular flexibility index (Phi) is 6.60. The van der Waals surface area contributed by atoms with Gasteiger partial charge in [0.15, 0.2) is 5.96 Å². The van der Waals surface area contributed by atoms with Gasteiger partial charge in [0.1, 0.15) is 11.6 Å². The van der Waals surface area contributed by atoms with Gasteiger partial charge in [-0.2, -0.15) is 0 Å². The van der Waals surface area contributed by atoms with Crippen LogP contribution in [0.2, 0.25) is 0 Å². The molecule has 0 bridgehead atoms. The van der Waals surface area contributed by atoms with Gasteiger partial charge in [-0.25, -0.2) is 8.78 Å². The normalized spacial score (nSPS) is 12.9. The molecule has 1 aromatic heterocycles. The summed E-state index contributed by atoms with van der Waals surface area (Å²) in [5.41, 5.74) is 2.53. The quantitative estimate of drug-likeness (QED) is 0.372. The van der Waals surface area contributed by atoms with Crippen LogP contribution in [0.4, 0.5) is 8.78 Å². The summed E-state index contributed by atoms with van der Waals surface area (Å²) in [7, 11) is 0. The smallest absolute Gasteiger partial charge is 0.191 e. The Morgan fingerprint density at radius 2 is 1.86 bits per heavy atom. The first kappa shape index (κ1) is 19.8. The third-order valence-electron chi connectivity index (χ3n) is 4.44. The van der Waals surface area contributed by atoms with E-state index in [4.69, 9.17) is 0 Å². The zero-order valence-electron chi connectivity index (χ0n) is 15.7. The second kappa shape index (κ2) is 9.32. The van der Waals surface area contributed by atoms with Crippen LogP contribution in [-0.4, -0.2) is 35.7 Å². The van der Waals surface area contributed by atoms with Gasteiger partial charge in [-0.15, -0.1) is 0 Å². The van der Waals surface area contributed by atoms with Crippen LogP contribution in [0.1, 0.15) is 24.2 Å². The minimum atomic E-state index is -0.812. The highest BCUT2D eigenvalue weighted by molar-refractivity contribution is 5.83. The summed E-state index contributed by atoms with van der Waals surface area (Å²) in [5.74, 6) is -0.0210. The molecule has 0 saturated heterocycles. The number of aliphatic hydroxyl groups excluding tert-OH is 1. The lowest BCUT2D eigenvalue weighted by molar-refractivity contribution is 0.187. The van der Waals surface area contributed by atoms with Crippen LogP contribution in [0.3, 0.4) is 0 Å². The molecule has 0 aliphatic rings. The molecular weight excluding hydrogens is 362 g/mol.